The fourth-order valence-electron chi connectivity index (χ4n) is 4.26. The molecule has 0 radical (unpaired) electrons. The van der Waals surface area contributed by atoms with Crippen LogP contribution in [0.2, 0.25) is 5.02 Å². The summed E-state index contributed by atoms with van der Waals surface area (Å²) in [6.07, 6.45) is 2.56. The zero-order valence-corrected chi connectivity index (χ0v) is 20.9. The maximum Gasteiger partial charge on any atom is 0.338 e. The average Bonchev–Trinajstić information content (AvgIpc) is 3.62. The SMILES string of the molecule is CCOC(=O)C1=C(c2ccccc2)N=C2SC=C(CC(=O)NCC3CC3)N2C1c1ccc(Cl)cc1. The molecule has 180 valence electrons. The zero-order chi connectivity index (χ0) is 24.4. The Morgan fingerprint density at radius 3 is 2.57 bits per heavy atom. The van der Waals surface area contributed by atoms with Crippen LogP contribution in [0.3, 0.4) is 0 Å². The third-order valence-corrected chi connectivity index (χ3v) is 7.31. The Hall–Kier alpha value is -3.03. The summed E-state index contributed by atoms with van der Waals surface area (Å²) >= 11 is 7.65. The molecule has 0 aromatic heterocycles. The highest BCUT2D eigenvalue weighted by atomic mass is 35.5. The summed E-state index contributed by atoms with van der Waals surface area (Å²) in [6, 6.07) is 16.6. The van der Waals surface area contributed by atoms with Gasteiger partial charge in [-0.2, -0.15) is 0 Å². The molecule has 35 heavy (non-hydrogen) atoms. The first kappa shape index (κ1) is 23.7. The van der Waals surface area contributed by atoms with Crippen LogP contribution in [0.4, 0.5) is 0 Å². The number of benzene rings is 2. The van der Waals surface area contributed by atoms with Gasteiger partial charge in [-0.1, -0.05) is 65.8 Å². The maximum atomic E-state index is 13.4. The van der Waals surface area contributed by atoms with E-state index in [1.165, 1.54) is 24.6 Å². The van der Waals surface area contributed by atoms with E-state index < -0.39 is 12.0 Å². The lowest BCUT2D eigenvalue weighted by Crippen LogP contribution is -2.38. The second kappa shape index (κ2) is 10.3. The molecule has 2 aliphatic heterocycles. The number of nitrogens with zero attached hydrogens (tertiary/aromatic N) is 2. The number of esters is 1. The number of fused-ring (bicyclic) bond motifs is 1. The third kappa shape index (κ3) is 5.16. The maximum absolute atomic E-state index is 13.4. The van der Waals surface area contributed by atoms with E-state index in [2.05, 4.69) is 5.32 Å². The fraction of sp³-hybridized carbons (Fsp3) is 0.296. The highest BCUT2D eigenvalue weighted by Crippen LogP contribution is 2.47. The fourth-order valence-corrected chi connectivity index (χ4v) is 5.30. The Labute approximate surface area is 214 Å². The molecule has 0 bridgehead atoms. The van der Waals surface area contributed by atoms with Crippen molar-refractivity contribution in [3.8, 4) is 0 Å². The number of amides is 1. The van der Waals surface area contributed by atoms with Gasteiger partial charge in [0.15, 0.2) is 5.17 Å². The van der Waals surface area contributed by atoms with Crippen molar-refractivity contribution in [2.45, 2.75) is 32.2 Å². The van der Waals surface area contributed by atoms with Crippen molar-refractivity contribution in [2.24, 2.45) is 10.9 Å². The van der Waals surface area contributed by atoms with Crippen molar-refractivity contribution in [1.82, 2.24) is 10.2 Å². The van der Waals surface area contributed by atoms with Crippen LogP contribution in [-0.4, -0.2) is 35.1 Å². The lowest BCUT2D eigenvalue weighted by atomic mass is 9.91. The van der Waals surface area contributed by atoms with Gasteiger partial charge in [-0.15, -0.1) is 0 Å². The van der Waals surface area contributed by atoms with Gasteiger partial charge in [0.25, 0.3) is 0 Å². The Morgan fingerprint density at radius 1 is 1.14 bits per heavy atom. The molecule has 2 heterocycles. The number of ether oxygens (including phenoxy) is 1. The van der Waals surface area contributed by atoms with Crippen LogP contribution in [0.25, 0.3) is 5.70 Å². The molecule has 1 atom stereocenters. The minimum Gasteiger partial charge on any atom is -0.463 e. The predicted octanol–water partition coefficient (Wildman–Crippen LogP) is 5.53. The highest BCUT2D eigenvalue weighted by molar-refractivity contribution is 8.16. The van der Waals surface area contributed by atoms with Gasteiger partial charge in [0.05, 0.1) is 30.3 Å². The number of aliphatic imine (C=N–C) groups is 1. The van der Waals surface area contributed by atoms with E-state index in [1.807, 2.05) is 64.9 Å². The molecule has 8 heteroatoms. The lowest BCUT2D eigenvalue weighted by molar-refractivity contribution is -0.139. The number of hydrogen-bond acceptors (Lipinski definition) is 6. The first-order valence-corrected chi connectivity index (χ1v) is 13.0. The number of halogens is 1. The van der Waals surface area contributed by atoms with Crippen LogP contribution in [-0.2, 0) is 14.3 Å². The van der Waals surface area contributed by atoms with E-state index in [1.54, 1.807) is 6.92 Å². The van der Waals surface area contributed by atoms with E-state index in [0.717, 1.165) is 22.0 Å². The van der Waals surface area contributed by atoms with E-state index in [0.29, 0.717) is 28.8 Å². The Balaban J connectivity index is 1.58. The molecule has 1 unspecified atom stereocenters. The second-order valence-corrected chi connectivity index (χ2v) is 9.99. The summed E-state index contributed by atoms with van der Waals surface area (Å²) in [4.78, 5) is 33.1. The molecule has 2 aromatic carbocycles. The van der Waals surface area contributed by atoms with Gasteiger partial charge in [-0.25, -0.2) is 9.79 Å². The van der Waals surface area contributed by atoms with Gasteiger partial charge in [-0.3, -0.25) is 4.79 Å². The molecular weight excluding hydrogens is 482 g/mol. The quantitative estimate of drug-likeness (QED) is 0.475. The number of thioether (sulfide) groups is 1. The van der Waals surface area contributed by atoms with Crippen molar-refractivity contribution >= 4 is 46.1 Å². The molecule has 1 fully saturated rings. The van der Waals surface area contributed by atoms with Gasteiger partial charge in [0.2, 0.25) is 5.91 Å². The van der Waals surface area contributed by atoms with E-state index >= 15 is 0 Å². The van der Waals surface area contributed by atoms with Crippen molar-refractivity contribution in [3.05, 3.63) is 87.4 Å². The van der Waals surface area contributed by atoms with E-state index in [4.69, 9.17) is 21.3 Å². The van der Waals surface area contributed by atoms with Gasteiger partial charge in [0, 0.05) is 22.8 Å². The average molecular weight is 508 g/mol. The van der Waals surface area contributed by atoms with Crippen LogP contribution < -0.4 is 5.32 Å². The third-order valence-electron chi connectivity index (χ3n) is 6.16. The zero-order valence-electron chi connectivity index (χ0n) is 19.4. The van der Waals surface area contributed by atoms with Gasteiger partial charge in [-0.05, 0) is 48.8 Å². The topological polar surface area (TPSA) is 71.0 Å². The summed E-state index contributed by atoms with van der Waals surface area (Å²) in [5.74, 6) is 0.144. The Morgan fingerprint density at radius 2 is 1.89 bits per heavy atom. The van der Waals surface area contributed by atoms with Crippen LogP contribution in [0.1, 0.15) is 43.4 Å². The molecule has 0 saturated heterocycles. The van der Waals surface area contributed by atoms with Gasteiger partial charge < -0.3 is 15.0 Å². The molecule has 0 spiro atoms. The molecule has 2 aromatic rings. The number of nitrogens with one attached hydrogen (secondary N) is 1. The smallest absolute Gasteiger partial charge is 0.338 e. The number of rotatable bonds is 8. The molecular formula is C27H26ClN3O3S. The molecule has 3 aliphatic rings. The van der Waals surface area contributed by atoms with Gasteiger partial charge in [0.1, 0.15) is 0 Å². The first-order chi connectivity index (χ1) is 17.0. The van der Waals surface area contributed by atoms with Crippen molar-refractivity contribution in [1.29, 1.82) is 0 Å². The van der Waals surface area contributed by atoms with Gasteiger partial charge >= 0.3 is 5.97 Å². The number of carbonyl (C=O) groups excluding carboxylic acids is 2. The van der Waals surface area contributed by atoms with E-state index in [-0.39, 0.29) is 18.9 Å². The summed E-state index contributed by atoms with van der Waals surface area (Å²) in [6.45, 7) is 2.75. The second-order valence-electron chi connectivity index (χ2n) is 8.72. The Kier molecular flexibility index (Phi) is 6.97. The van der Waals surface area contributed by atoms with Crippen LogP contribution >= 0.6 is 23.4 Å². The molecule has 6 nitrogen and oxygen atoms in total. The van der Waals surface area contributed by atoms with Crippen LogP contribution in [0.5, 0.6) is 0 Å². The molecule has 1 aliphatic carbocycles. The highest BCUT2D eigenvalue weighted by Gasteiger charge is 2.42. The Bertz CT molecular complexity index is 1220. The largest absolute Gasteiger partial charge is 0.463 e. The van der Waals surface area contributed by atoms with Crippen molar-refractivity contribution in [3.63, 3.8) is 0 Å². The number of carbonyl (C=O) groups is 2. The molecule has 5 rings (SSSR count). The number of hydrogen-bond donors (Lipinski definition) is 1. The normalized spacial score (nSPS) is 19.1. The standard InChI is InChI=1S/C27H26ClN3O3S/c1-2-34-26(33)23-24(18-6-4-3-5-7-18)30-27-31(25(23)19-10-12-20(28)13-11-19)21(16-35-27)14-22(32)29-15-17-8-9-17/h3-7,10-13,16-17,25H,2,8-9,14-15H2,1H3,(H,29,32). The van der Waals surface area contributed by atoms with Crippen molar-refractivity contribution in [2.75, 3.05) is 13.2 Å². The lowest BCUT2D eigenvalue weighted by Gasteiger charge is -2.36. The summed E-state index contributed by atoms with van der Waals surface area (Å²) in [7, 11) is 0. The first-order valence-electron chi connectivity index (χ1n) is 11.8. The monoisotopic (exact) mass is 507 g/mol. The van der Waals surface area contributed by atoms with Crippen LogP contribution in [0.15, 0.2) is 76.3 Å². The van der Waals surface area contributed by atoms with Crippen LogP contribution in [0, 0.1) is 5.92 Å². The summed E-state index contributed by atoms with van der Waals surface area (Å²) in [5.41, 5.74) is 3.52. The summed E-state index contributed by atoms with van der Waals surface area (Å²) < 4.78 is 5.52. The molecule has 1 saturated carbocycles. The minimum absolute atomic E-state index is 0.0321. The van der Waals surface area contributed by atoms with E-state index in [9.17, 15) is 9.59 Å². The predicted molar refractivity (Wildman–Crippen MR) is 139 cm³/mol. The minimum atomic E-state index is -0.508. The molecule has 1 N–H and O–H groups in total. The molecule has 1 amide bonds. The van der Waals surface area contributed by atoms with Crippen molar-refractivity contribution < 1.29 is 14.3 Å². The summed E-state index contributed by atoms with van der Waals surface area (Å²) in [5, 5.41) is 6.32. The number of amidine groups is 1.